The largest absolute Gasteiger partial charge is 0.481 e. The number of nitrogens with one attached hydrogen (secondary N) is 1. The van der Waals surface area contributed by atoms with Crippen molar-refractivity contribution in [1.82, 2.24) is 15.3 Å². The maximum absolute atomic E-state index is 12.6. The maximum atomic E-state index is 12.6. The minimum Gasteiger partial charge on any atom is -0.481 e. The minimum absolute atomic E-state index is 0.0405. The van der Waals surface area contributed by atoms with Crippen molar-refractivity contribution in [2.45, 2.75) is 105 Å². The van der Waals surface area contributed by atoms with E-state index in [-0.39, 0.29) is 38.3 Å². The van der Waals surface area contributed by atoms with Crippen molar-refractivity contribution in [2.75, 3.05) is 60.1 Å². The number of carboxylic acid groups (broad SMARTS) is 1. The number of rotatable bonds is 23. The zero-order valence-corrected chi connectivity index (χ0v) is 39.0. The lowest BCUT2D eigenvalue weighted by Crippen LogP contribution is -2.39. The summed E-state index contributed by atoms with van der Waals surface area (Å²) in [6.45, 7) is 17.3. The first-order chi connectivity index (χ1) is 28.8. The second kappa shape index (κ2) is 59.8. The molecule has 0 radical (unpaired) electrons. The Morgan fingerprint density at radius 2 is 1.38 bits per heavy atom. The van der Waals surface area contributed by atoms with Crippen LogP contribution in [0, 0.1) is 6.92 Å². The van der Waals surface area contributed by atoms with Gasteiger partial charge >= 0.3 is 13.0 Å². The highest BCUT2D eigenvalue weighted by molar-refractivity contribution is 7.80. The van der Waals surface area contributed by atoms with Gasteiger partial charge in [-0.2, -0.15) is 5.06 Å². The molecule has 0 aliphatic carbocycles. The summed E-state index contributed by atoms with van der Waals surface area (Å²) in [7, 11) is 3.48. The van der Waals surface area contributed by atoms with Gasteiger partial charge in [-0.1, -0.05) is 102 Å². The van der Waals surface area contributed by atoms with Crippen molar-refractivity contribution in [3.05, 3.63) is 48.2 Å². The van der Waals surface area contributed by atoms with E-state index < -0.39 is 24.9 Å². The lowest BCUT2D eigenvalue weighted by molar-refractivity contribution is -0.176. The van der Waals surface area contributed by atoms with Gasteiger partial charge in [0, 0.05) is 58.6 Å². The van der Waals surface area contributed by atoms with Crippen LogP contribution in [-0.2, 0) is 38.3 Å². The van der Waals surface area contributed by atoms with E-state index in [1.807, 2.05) is 30.1 Å². The summed E-state index contributed by atoms with van der Waals surface area (Å²) in [4.78, 5) is 66.2. The van der Waals surface area contributed by atoms with Crippen LogP contribution in [0.4, 0.5) is 4.32 Å². The Hall–Kier alpha value is -4.54. The standard InChI is InChI=1S/C17H32BFN4O4S.C7H8.2C4H11N.C3H7NO.C3H6O2.2CH3NO/c1-14(21-12-16(20)25)5-7-22(3)17(28)11-15(13-24)23(4)27-10-9-26-8-6-18(2)19;1-7-5-3-2-4-6-7;2*1-2-3-4-5;2*1-2-3(4)5;2*2-1-3/h13,15,21H,1,5-12H2,2-4H3,(H2,20,25);2-6H,1H3;2*2-5H2,1H3;2H2,1H3,(H2,4,5);2H2,1H3,(H,4,5);2*1H,(H2,2,3). The quantitative estimate of drug-likeness (QED) is 0.0258. The average molecular weight is 894 g/mol. The van der Waals surface area contributed by atoms with Crippen LogP contribution in [0.5, 0.6) is 0 Å². The van der Waals surface area contributed by atoms with Gasteiger partial charge in [0.05, 0.1) is 30.8 Å². The number of aryl methyl sites for hydroxylation is 1. The Bertz CT molecular complexity index is 1150. The van der Waals surface area contributed by atoms with E-state index >= 15 is 0 Å². The molecule has 21 heteroatoms. The molecule has 0 aliphatic heterocycles. The molecule has 1 atom stereocenters. The lowest BCUT2D eigenvalue weighted by atomic mass is 9.72. The number of hydrogen-bond acceptors (Lipinski definition) is 13. The van der Waals surface area contributed by atoms with Gasteiger partial charge in [-0.15, -0.1) is 0 Å². The zero-order valence-electron chi connectivity index (χ0n) is 38.2. The number of carboxylic acids is 1. The predicted molar refractivity (Wildman–Crippen MR) is 250 cm³/mol. The summed E-state index contributed by atoms with van der Waals surface area (Å²) in [6, 6.07) is 9.73. The van der Waals surface area contributed by atoms with Crippen LogP contribution in [-0.4, -0.2) is 130 Å². The smallest absolute Gasteiger partial charge is 0.347 e. The number of ether oxygens (including phenoxy) is 1. The Labute approximate surface area is 371 Å². The number of carbonyl (C=O) groups is 6. The highest BCUT2D eigenvalue weighted by atomic mass is 32.1. The van der Waals surface area contributed by atoms with Gasteiger partial charge in [0.1, 0.15) is 6.29 Å². The van der Waals surface area contributed by atoms with E-state index in [0.717, 1.165) is 19.4 Å². The number of carbonyl (C=O) groups excluding carboxylic acids is 5. The first kappa shape index (κ1) is 71.0. The number of aldehydes is 1. The molecule has 356 valence electrons. The maximum Gasteiger partial charge on any atom is 0.347 e. The van der Waals surface area contributed by atoms with Crippen LogP contribution in [0.1, 0.15) is 84.6 Å². The second-order valence-corrected chi connectivity index (χ2v) is 12.7. The number of unbranched alkanes of at least 4 members (excludes halogenated alkanes) is 2. The molecule has 61 heavy (non-hydrogen) atoms. The highest BCUT2D eigenvalue weighted by Crippen LogP contribution is 2.07. The van der Waals surface area contributed by atoms with Gasteiger partial charge in [0.25, 0.3) is 0 Å². The summed E-state index contributed by atoms with van der Waals surface area (Å²) in [6.07, 6.45) is 7.97. The lowest BCUT2D eigenvalue weighted by Gasteiger charge is -2.27. The third kappa shape index (κ3) is 80.2. The molecule has 18 nitrogen and oxygen atoms in total. The number of primary amides is 4. The summed E-state index contributed by atoms with van der Waals surface area (Å²) in [5, 5.41) is 12.0. The van der Waals surface area contributed by atoms with E-state index in [1.54, 1.807) is 20.9 Å². The van der Waals surface area contributed by atoms with Crippen LogP contribution in [0.25, 0.3) is 0 Å². The minimum atomic E-state index is -0.892. The summed E-state index contributed by atoms with van der Waals surface area (Å²) in [5.41, 5.74) is 30.3. The number of aliphatic carboxylic acids is 1. The molecule has 0 spiro atoms. The van der Waals surface area contributed by atoms with Gasteiger partial charge in [0.15, 0.2) is 0 Å². The molecule has 0 aliphatic rings. The van der Waals surface area contributed by atoms with Crippen molar-refractivity contribution in [3.63, 3.8) is 0 Å². The Morgan fingerprint density at radius 3 is 1.67 bits per heavy atom. The first-order valence-corrected chi connectivity index (χ1v) is 20.4. The van der Waals surface area contributed by atoms with Crippen LogP contribution in [0.3, 0.4) is 0 Å². The molecule has 0 aromatic heterocycles. The number of nitrogens with zero attached hydrogens (tertiary/aromatic N) is 2. The fourth-order valence-corrected chi connectivity index (χ4v) is 3.21. The van der Waals surface area contributed by atoms with Gasteiger partial charge < -0.3 is 63.6 Å². The normalized spacial score (nSPS) is 9.38. The molecule has 1 rings (SSSR count). The molecular weight excluding hydrogens is 812 g/mol. The van der Waals surface area contributed by atoms with Gasteiger partial charge in [-0.05, 0) is 39.2 Å². The number of thiocarbonyl (C=S) groups is 1. The number of likely N-dealkylation sites (N-methyl/N-ethyl adjacent to an activating group) is 1. The van der Waals surface area contributed by atoms with E-state index in [4.69, 9.17) is 53.7 Å². The van der Waals surface area contributed by atoms with Crippen LogP contribution >= 0.6 is 12.2 Å². The topological polar surface area (TPSA) is 316 Å². The number of amides is 4. The fourth-order valence-electron chi connectivity index (χ4n) is 2.95. The Kier molecular flexibility index (Phi) is 69.6. The van der Waals surface area contributed by atoms with Crippen molar-refractivity contribution in [3.8, 4) is 0 Å². The second-order valence-electron chi connectivity index (χ2n) is 12.2. The molecule has 4 amide bonds. The third-order valence-corrected chi connectivity index (χ3v) is 7.06. The molecule has 0 bridgehead atoms. The first-order valence-electron chi connectivity index (χ1n) is 20.0. The SMILES string of the molecule is C=C(CCN(C)C(=S)CC(C=O)N(C)OCCOCCB(C)F)NCC(N)=O.CCC(=O)O.CCC(N)=O.CCCCN.CCCCN.Cc1ccccc1.NC=O.NC=O. The molecule has 0 heterocycles. The monoisotopic (exact) mass is 894 g/mol. The van der Waals surface area contributed by atoms with E-state index in [0.29, 0.717) is 56.0 Å². The number of nitrogens with two attached hydrogens (primary N) is 6. The molecule has 0 saturated heterocycles. The fraction of sp³-hybridized carbons (Fsp3) is 0.625. The van der Waals surface area contributed by atoms with Crippen molar-refractivity contribution in [2.24, 2.45) is 34.4 Å². The van der Waals surface area contributed by atoms with Crippen LogP contribution < -0.4 is 39.7 Å². The van der Waals surface area contributed by atoms with E-state index in [1.165, 1.54) is 43.1 Å². The summed E-state index contributed by atoms with van der Waals surface area (Å²) < 4.78 is 17.9. The average Bonchev–Trinajstić information content (AvgIpc) is 3.21. The molecule has 1 aromatic carbocycles. The third-order valence-electron chi connectivity index (χ3n) is 6.58. The molecule has 0 fully saturated rings. The van der Waals surface area contributed by atoms with Crippen molar-refractivity contribution >= 4 is 61.1 Å². The zero-order chi connectivity index (χ0) is 48.9. The molecule has 14 N–H and O–H groups in total. The molecular formula is C40H81BFN9O9S. The van der Waals surface area contributed by atoms with Crippen LogP contribution in [0.2, 0.25) is 13.1 Å². The van der Waals surface area contributed by atoms with Gasteiger partial charge in [0.2, 0.25) is 24.6 Å². The molecule has 1 unspecified atom stereocenters. The predicted octanol–water partition coefficient (Wildman–Crippen LogP) is 2.70. The number of hydroxylamine groups is 2. The van der Waals surface area contributed by atoms with Gasteiger partial charge in [-0.3, -0.25) is 28.8 Å². The summed E-state index contributed by atoms with van der Waals surface area (Å²) >= 11 is 5.39. The van der Waals surface area contributed by atoms with Crippen molar-refractivity contribution in [1.29, 1.82) is 0 Å². The highest BCUT2D eigenvalue weighted by Gasteiger charge is 2.19. The van der Waals surface area contributed by atoms with Gasteiger partial charge in [-0.25, -0.2) is 0 Å². The number of hydrogen-bond donors (Lipinski definition) is 8. The van der Waals surface area contributed by atoms with Crippen LogP contribution in [0.15, 0.2) is 42.6 Å². The Balaban J connectivity index is -0.000000141. The van der Waals surface area contributed by atoms with E-state index in [2.05, 4.69) is 62.0 Å². The summed E-state index contributed by atoms with van der Waals surface area (Å²) in [5.74, 6) is -1.45. The number of halogens is 1. The number of benzene rings is 1. The van der Waals surface area contributed by atoms with E-state index in [9.17, 15) is 23.5 Å². The van der Waals surface area contributed by atoms with Crippen molar-refractivity contribution < 1.29 is 47.8 Å². The Morgan fingerprint density at radius 1 is 0.918 bits per heavy atom. The molecule has 0 saturated carbocycles. The molecule has 1 aromatic rings.